The van der Waals surface area contributed by atoms with Gasteiger partial charge in [0.05, 0.1) is 0 Å². The smallest absolute Gasteiger partial charge is 0.124 e. The van der Waals surface area contributed by atoms with Crippen LogP contribution in [0.1, 0.15) is 18.0 Å². The Hall–Kier alpha value is -0.160. The summed E-state index contributed by atoms with van der Waals surface area (Å²) in [5, 5.41) is 8.65. The molecule has 0 bridgehead atoms. The number of nitrogens with two attached hydrogens (primary N) is 1. The standard InChI is InChI=1S/C9H11BrFNO.ClH/c10-7-3-6(4-8(11)5-7)9(12)1-2-13;/h3-5,9,13H,1-2,12H2;1H/t9-;/m1./s1. The van der Waals surface area contributed by atoms with Gasteiger partial charge in [0.15, 0.2) is 0 Å². The van der Waals surface area contributed by atoms with Crippen molar-refractivity contribution in [3.8, 4) is 0 Å². The molecule has 0 fully saturated rings. The minimum atomic E-state index is -0.322. The molecule has 0 unspecified atom stereocenters. The maximum absolute atomic E-state index is 12.9. The highest BCUT2D eigenvalue weighted by atomic mass is 79.9. The Bertz CT molecular complexity index is 278. The number of hydrogen-bond acceptors (Lipinski definition) is 2. The Labute approximate surface area is 96.8 Å². The summed E-state index contributed by atoms with van der Waals surface area (Å²) >= 11 is 3.17. The molecule has 1 aromatic rings. The third-order valence-corrected chi connectivity index (χ3v) is 2.21. The molecule has 1 atom stereocenters. The molecule has 0 aliphatic heterocycles. The van der Waals surface area contributed by atoms with Crippen LogP contribution in [-0.2, 0) is 0 Å². The largest absolute Gasteiger partial charge is 0.396 e. The lowest BCUT2D eigenvalue weighted by molar-refractivity contribution is 0.276. The van der Waals surface area contributed by atoms with E-state index in [1.54, 1.807) is 6.07 Å². The van der Waals surface area contributed by atoms with Crippen molar-refractivity contribution in [2.24, 2.45) is 5.73 Å². The van der Waals surface area contributed by atoms with Gasteiger partial charge in [-0.05, 0) is 30.2 Å². The van der Waals surface area contributed by atoms with E-state index < -0.39 is 0 Å². The quantitative estimate of drug-likeness (QED) is 0.895. The predicted molar refractivity (Wildman–Crippen MR) is 60.0 cm³/mol. The fourth-order valence-electron chi connectivity index (χ4n) is 1.09. The molecule has 0 radical (unpaired) electrons. The normalized spacial score (nSPS) is 12.0. The van der Waals surface area contributed by atoms with E-state index in [1.807, 2.05) is 0 Å². The van der Waals surface area contributed by atoms with Crippen LogP contribution in [0.15, 0.2) is 22.7 Å². The van der Waals surface area contributed by atoms with E-state index in [1.165, 1.54) is 12.1 Å². The fraction of sp³-hybridized carbons (Fsp3) is 0.333. The predicted octanol–water partition coefficient (Wildman–Crippen LogP) is 2.39. The summed E-state index contributed by atoms with van der Waals surface area (Å²) in [4.78, 5) is 0. The average Bonchev–Trinajstić information content (AvgIpc) is 2.03. The highest BCUT2D eigenvalue weighted by Gasteiger charge is 2.07. The number of rotatable bonds is 3. The van der Waals surface area contributed by atoms with Crippen molar-refractivity contribution < 1.29 is 9.50 Å². The molecule has 80 valence electrons. The first-order valence-electron chi connectivity index (χ1n) is 3.96. The van der Waals surface area contributed by atoms with Crippen LogP contribution >= 0.6 is 28.3 Å². The topological polar surface area (TPSA) is 46.2 Å². The van der Waals surface area contributed by atoms with Gasteiger partial charge in [0.1, 0.15) is 5.82 Å². The third kappa shape index (κ3) is 3.92. The maximum atomic E-state index is 12.9. The first-order valence-corrected chi connectivity index (χ1v) is 4.75. The molecule has 0 saturated heterocycles. The van der Waals surface area contributed by atoms with Crippen LogP contribution in [0, 0.1) is 5.82 Å². The molecule has 1 rings (SSSR count). The Morgan fingerprint density at radius 3 is 2.57 bits per heavy atom. The fourth-order valence-corrected chi connectivity index (χ4v) is 1.58. The van der Waals surface area contributed by atoms with E-state index in [2.05, 4.69) is 15.9 Å². The van der Waals surface area contributed by atoms with Crippen LogP contribution in [-0.4, -0.2) is 11.7 Å². The molecular weight excluding hydrogens is 272 g/mol. The third-order valence-electron chi connectivity index (χ3n) is 1.75. The zero-order chi connectivity index (χ0) is 9.84. The Balaban J connectivity index is 0.00000169. The molecule has 0 aliphatic rings. The summed E-state index contributed by atoms with van der Waals surface area (Å²) in [5.74, 6) is -0.322. The van der Waals surface area contributed by atoms with Crippen LogP contribution < -0.4 is 5.73 Å². The van der Waals surface area contributed by atoms with Crippen molar-refractivity contribution in [2.45, 2.75) is 12.5 Å². The number of aliphatic hydroxyl groups excluding tert-OH is 1. The lowest BCUT2D eigenvalue weighted by Gasteiger charge is -2.10. The zero-order valence-corrected chi connectivity index (χ0v) is 9.81. The summed E-state index contributed by atoms with van der Waals surface area (Å²) in [7, 11) is 0. The van der Waals surface area contributed by atoms with Crippen molar-refractivity contribution in [1.29, 1.82) is 0 Å². The second-order valence-corrected chi connectivity index (χ2v) is 3.74. The summed E-state index contributed by atoms with van der Waals surface area (Å²) in [6, 6.07) is 4.20. The van der Waals surface area contributed by atoms with Gasteiger partial charge in [-0.2, -0.15) is 0 Å². The van der Waals surface area contributed by atoms with E-state index in [4.69, 9.17) is 10.8 Å². The van der Waals surface area contributed by atoms with Gasteiger partial charge in [0.25, 0.3) is 0 Å². The second-order valence-electron chi connectivity index (χ2n) is 2.82. The van der Waals surface area contributed by atoms with Crippen LogP contribution in [0.2, 0.25) is 0 Å². The number of benzene rings is 1. The maximum Gasteiger partial charge on any atom is 0.124 e. The molecule has 0 aromatic heterocycles. The molecule has 1 aromatic carbocycles. The summed E-state index contributed by atoms with van der Waals surface area (Å²) in [6.45, 7) is 0.00923. The minimum Gasteiger partial charge on any atom is -0.396 e. The lowest BCUT2D eigenvalue weighted by atomic mass is 10.1. The van der Waals surface area contributed by atoms with Crippen molar-refractivity contribution in [1.82, 2.24) is 0 Å². The van der Waals surface area contributed by atoms with Crippen LogP contribution in [0.5, 0.6) is 0 Å². The molecule has 0 amide bonds. The first-order chi connectivity index (χ1) is 6.13. The molecule has 0 saturated carbocycles. The van der Waals surface area contributed by atoms with Gasteiger partial charge in [0, 0.05) is 17.1 Å². The molecule has 0 aliphatic carbocycles. The number of hydrogen-bond donors (Lipinski definition) is 2. The van der Waals surface area contributed by atoms with Crippen molar-refractivity contribution in [2.75, 3.05) is 6.61 Å². The van der Waals surface area contributed by atoms with Crippen LogP contribution in [0.4, 0.5) is 4.39 Å². The van der Waals surface area contributed by atoms with Gasteiger partial charge in [-0.1, -0.05) is 15.9 Å². The van der Waals surface area contributed by atoms with Gasteiger partial charge in [0.2, 0.25) is 0 Å². The minimum absolute atomic E-state index is 0. The van der Waals surface area contributed by atoms with E-state index in [-0.39, 0.29) is 30.9 Å². The summed E-state index contributed by atoms with van der Waals surface area (Å²) in [6.07, 6.45) is 0.440. The van der Waals surface area contributed by atoms with E-state index in [0.29, 0.717) is 16.5 Å². The zero-order valence-electron chi connectivity index (χ0n) is 7.41. The molecular formula is C9H12BrClFNO. The summed E-state index contributed by atoms with van der Waals surface area (Å²) in [5.41, 5.74) is 6.39. The van der Waals surface area contributed by atoms with Crippen molar-refractivity contribution >= 4 is 28.3 Å². The van der Waals surface area contributed by atoms with E-state index >= 15 is 0 Å². The Morgan fingerprint density at radius 2 is 2.07 bits per heavy atom. The average molecular weight is 285 g/mol. The molecule has 14 heavy (non-hydrogen) atoms. The van der Waals surface area contributed by atoms with Gasteiger partial charge in [-0.25, -0.2) is 4.39 Å². The van der Waals surface area contributed by atoms with Gasteiger partial charge in [-0.3, -0.25) is 0 Å². The number of halogens is 3. The molecule has 2 nitrogen and oxygen atoms in total. The second kappa shape index (κ2) is 6.35. The highest BCUT2D eigenvalue weighted by molar-refractivity contribution is 9.10. The lowest BCUT2D eigenvalue weighted by Crippen LogP contribution is -2.12. The SMILES string of the molecule is Cl.N[C@H](CCO)c1cc(F)cc(Br)c1. The van der Waals surface area contributed by atoms with Crippen LogP contribution in [0.25, 0.3) is 0 Å². The van der Waals surface area contributed by atoms with E-state index in [9.17, 15) is 4.39 Å². The van der Waals surface area contributed by atoms with Crippen molar-refractivity contribution in [3.05, 3.63) is 34.1 Å². The van der Waals surface area contributed by atoms with Gasteiger partial charge >= 0.3 is 0 Å². The first kappa shape index (κ1) is 13.8. The van der Waals surface area contributed by atoms with E-state index in [0.717, 1.165) is 0 Å². The molecule has 0 spiro atoms. The Kier molecular flexibility index (Phi) is 6.27. The molecule has 5 heteroatoms. The highest BCUT2D eigenvalue weighted by Crippen LogP contribution is 2.20. The number of aliphatic hydroxyl groups is 1. The van der Waals surface area contributed by atoms with Crippen LogP contribution in [0.3, 0.4) is 0 Å². The monoisotopic (exact) mass is 283 g/mol. The molecule has 3 N–H and O–H groups in total. The van der Waals surface area contributed by atoms with Gasteiger partial charge < -0.3 is 10.8 Å². The molecule has 0 heterocycles. The Morgan fingerprint density at radius 1 is 1.43 bits per heavy atom. The summed E-state index contributed by atoms with van der Waals surface area (Å²) < 4.78 is 13.5. The van der Waals surface area contributed by atoms with Gasteiger partial charge in [-0.15, -0.1) is 12.4 Å². The van der Waals surface area contributed by atoms with Crippen molar-refractivity contribution in [3.63, 3.8) is 0 Å².